The predicted octanol–water partition coefficient (Wildman–Crippen LogP) is 3.34. The van der Waals surface area contributed by atoms with E-state index in [-0.39, 0.29) is 16.8 Å². The molecule has 0 bridgehead atoms. The Hall–Kier alpha value is -1.91. The number of nitrogens with zero attached hydrogens (tertiary/aromatic N) is 4. The second-order valence-corrected chi connectivity index (χ2v) is 7.70. The van der Waals surface area contributed by atoms with Crippen molar-refractivity contribution in [2.75, 3.05) is 33.3 Å². The lowest BCUT2D eigenvalue weighted by Gasteiger charge is -2.12. The number of carbonyl (C=O) groups is 2. The van der Waals surface area contributed by atoms with E-state index >= 15 is 0 Å². The van der Waals surface area contributed by atoms with Crippen molar-refractivity contribution in [2.45, 2.75) is 6.92 Å². The second kappa shape index (κ2) is 11.7. The number of halogens is 1. The SMILES string of the molecule is CS/C(=N/OC(=O)NCSN(C)C=Nc1ccc(Cl)cc1C)C(=O)N(C)C. The second-order valence-electron chi connectivity index (χ2n) is 5.35. The number of aliphatic imine (C=N–C) groups is 1. The average Bonchev–Trinajstić information content (AvgIpc) is 2.61. The maximum atomic E-state index is 11.8. The van der Waals surface area contributed by atoms with Gasteiger partial charge in [0.15, 0.2) is 0 Å². The van der Waals surface area contributed by atoms with Gasteiger partial charge < -0.3 is 14.5 Å². The van der Waals surface area contributed by atoms with Crippen LogP contribution in [0.5, 0.6) is 0 Å². The van der Waals surface area contributed by atoms with E-state index in [4.69, 9.17) is 16.4 Å². The molecule has 1 rings (SSSR count). The summed E-state index contributed by atoms with van der Waals surface area (Å²) in [6, 6.07) is 5.44. The molecule has 0 radical (unpaired) electrons. The number of rotatable bonds is 6. The van der Waals surface area contributed by atoms with E-state index in [9.17, 15) is 9.59 Å². The Morgan fingerprint density at radius 1 is 1.33 bits per heavy atom. The predicted molar refractivity (Wildman–Crippen MR) is 114 cm³/mol. The Bertz CT molecular complexity index is 728. The Kier molecular flexibility index (Phi) is 10.0. The molecule has 0 spiro atoms. The first-order valence-electron chi connectivity index (χ1n) is 7.69. The van der Waals surface area contributed by atoms with Crippen LogP contribution in [-0.2, 0) is 9.63 Å². The molecule has 0 fully saturated rings. The number of amides is 2. The quantitative estimate of drug-likeness (QED) is 0.186. The summed E-state index contributed by atoms with van der Waals surface area (Å²) >= 11 is 8.31. The van der Waals surface area contributed by atoms with Gasteiger partial charge in [-0.3, -0.25) is 9.63 Å². The molecule has 27 heavy (non-hydrogen) atoms. The van der Waals surface area contributed by atoms with E-state index in [0.717, 1.165) is 23.0 Å². The number of nitrogens with one attached hydrogen (secondary N) is 1. The van der Waals surface area contributed by atoms with Crippen molar-refractivity contribution < 1.29 is 14.4 Å². The molecule has 2 amide bonds. The smallest absolute Gasteiger partial charge is 0.343 e. The fourth-order valence-electron chi connectivity index (χ4n) is 1.60. The van der Waals surface area contributed by atoms with Gasteiger partial charge in [0.1, 0.15) is 6.34 Å². The highest BCUT2D eigenvalue weighted by Gasteiger charge is 2.14. The summed E-state index contributed by atoms with van der Waals surface area (Å²) in [5, 5.41) is 6.84. The number of carbonyl (C=O) groups excluding carboxylic acids is 2. The van der Waals surface area contributed by atoms with Gasteiger partial charge in [-0.05, 0) is 48.9 Å². The molecule has 0 aliphatic carbocycles. The van der Waals surface area contributed by atoms with Gasteiger partial charge in [-0.1, -0.05) is 16.8 Å². The van der Waals surface area contributed by atoms with Gasteiger partial charge in [0.2, 0.25) is 5.04 Å². The Balaban J connectivity index is 2.42. The van der Waals surface area contributed by atoms with Crippen molar-refractivity contribution in [1.82, 2.24) is 14.5 Å². The Morgan fingerprint density at radius 3 is 2.63 bits per heavy atom. The monoisotopic (exact) mass is 431 g/mol. The van der Waals surface area contributed by atoms with Crippen LogP contribution in [0.2, 0.25) is 5.02 Å². The van der Waals surface area contributed by atoms with Crippen LogP contribution in [-0.4, -0.2) is 65.9 Å². The summed E-state index contributed by atoms with van der Waals surface area (Å²) in [4.78, 5) is 33.8. The zero-order chi connectivity index (χ0) is 20.4. The standard InChI is InChI=1S/C16H22ClN5O3S2/c1-11-8-12(17)6-7-13(11)18-9-22(4)27-10-19-16(24)25-20-14(26-5)15(23)21(2)3/h6-9H,10H2,1-5H3,(H,19,24)/b18-9?,20-14+. The minimum Gasteiger partial charge on any atom is -0.343 e. The molecule has 0 unspecified atom stereocenters. The summed E-state index contributed by atoms with van der Waals surface area (Å²) in [5.41, 5.74) is 1.78. The van der Waals surface area contributed by atoms with Crippen LogP contribution < -0.4 is 5.32 Å². The lowest BCUT2D eigenvalue weighted by Crippen LogP contribution is -2.29. The molecule has 0 saturated heterocycles. The van der Waals surface area contributed by atoms with Crippen LogP contribution in [0.25, 0.3) is 0 Å². The highest BCUT2D eigenvalue weighted by molar-refractivity contribution is 8.15. The van der Waals surface area contributed by atoms with Crippen LogP contribution in [0.3, 0.4) is 0 Å². The third-order valence-corrected chi connectivity index (χ3v) is 4.64. The zero-order valence-electron chi connectivity index (χ0n) is 15.7. The fourth-order valence-corrected chi connectivity index (χ4v) is 2.80. The van der Waals surface area contributed by atoms with Gasteiger partial charge in [0.25, 0.3) is 5.91 Å². The summed E-state index contributed by atoms with van der Waals surface area (Å²) in [6.45, 7) is 1.92. The molecule has 0 atom stereocenters. The molecule has 11 heteroatoms. The highest BCUT2D eigenvalue weighted by Crippen LogP contribution is 2.22. The first-order valence-corrected chi connectivity index (χ1v) is 10.2. The van der Waals surface area contributed by atoms with Crippen molar-refractivity contribution in [3.63, 3.8) is 0 Å². The maximum absolute atomic E-state index is 11.8. The van der Waals surface area contributed by atoms with Gasteiger partial charge >= 0.3 is 6.09 Å². The third kappa shape index (κ3) is 8.55. The van der Waals surface area contributed by atoms with Crippen LogP contribution in [0, 0.1) is 6.92 Å². The molecule has 0 aliphatic heterocycles. The van der Waals surface area contributed by atoms with Crippen LogP contribution in [0.1, 0.15) is 5.56 Å². The summed E-state index contributed by atoms with van der Waals surface area (Å²) in [6.07, 6.45) is 2.56. The summed E-state index contributed by atoms with van der Waals surface area (Å²) in [5.74, 6) is -0.0923. The summed E-state index contributed by atoms with van der Waals surface area (Å²) < 4.78 is 1.74. The number of thioether (sulfide) groups is 1. The third-order valence-electron chi connectivity index (χ3n) is 3.00. The van der Waals surface area contributed by atoms with E-state index in [1.807, 2.05) is 19.1 Å². The van der Waals surface area contributed by atoms with Gasteiger partial charge in [0.05, 0.1) is 11.6 Å². The molecule has 0 saturated carbocycles. The molecule has 148 valence electrons. The highest BCUT2D eigenvalue weighted by atomic mass is 35.5. The molecule has 0 heterocycles. The van der Waals surface area contributed by atoms with E-state index in [0.29, 0.717) is 5.02 Å². The topological polar surface area (TPSA) is 86.6 Å². The molecule has 1 aromatic carbocycles. The average molecular weight is 432 g/mol. The first kappa shape index (κ1) is 23.1. The number of hydrogen-bond acceptors (Lipinski definition) is 7. The lowest BCUT2D eigenvalue weighted by molar-refractivity contribution is -0.121. The van der Waals surface area contributed by atoms with Crippen LogP contribution in [0.15, 0.2) is 28.3 Å². The van der Waals surface area contributed by atoms with Crippen molar-refractivity contribution in [2.24, 2.45) is 10.1 Å². The van der Waals surface area contributed by atoms with Crippen molar-refractivity contribution in [3.05, 3.63) is 28.8 Å². The molecule has 0 aliphatic rings. The molecular formula is C16H22ClN5O3S2. The lowest BCUT2D eigenvalue weighted by atomic mass is 10.2. The van der Waals surface area contributed by atoms with Crippen LogP contribution >= 0.6 is 35.3 Å². The molecule has 1 aromatic rings. The number of hydrogen-bond donors (Lipinski definition) is 1. The molecule has 8 nitrogen and oxygen atoms in total. The normalized spacial score (nSPS) is 11.4. The van der Waals surface area contributed by atoms with E-state index in [1.54, 1.807) is 44.1 Å². The Morgan fingerprint density at radius 2 is 2.04 bits per heavy atom. The molecule has 1 N–H and O–H groups in total. The van der Waals surface area contributed by atoms with E-state index in [2.05, 4.69) is 15.5 Å². The summed E-state index contributed by atoms with van der Waals surface area (Å²) in [7, 11) is 4.98. The van der Waals surface area contributed by atoms with Gasteiger partial charge in [-0.2, -0.15) is 0 Å². The van der Waals surface area contributed by atoms with Crippen molar-refractivity contribution in [3.8, 4) is 0 Å². The minimum absolute atomic E-state index is 0.0883. The van der Waals surface area contributed by atoms with Gasteiger partial charge in [0, 0.05) is 26.2 Å². The largest absolute Gasteiger partial charge is 0.434 e. The van der Waals surface area contributed by atoms with E-state index in [1.165, 1.54) is 16.8 Å². The van der Waals surface area contributed by atoms with Crippen molar-refractivity contribution in [1.29, 1.82) is 0 Å². The van der Waals surface area contributed by atoms with Crippen molar-refractivity contribution >= 4 is 64.4 Å². The van der Waals surface area contributed by atoms with Gasteiger partial charge in [-0.25, -0.2) is 9.79 Å². The van der Waals surface area contributed by atoms with Gasteiger partial charge in [-0.15, -0.1) is 11.8 Å². The fraction of sp³-hybridized carbons (Fsp3) is 0.375. The van der Waals surface area contributed by atoms with E-state index < -0.39 is 6.09 Å². The van der Waals surface area contributed by atoms with Crippen LogP contribution in [0.4, 0.5) is 10.5 Å². The first-order chi connectivity index (χ1) is 12.7. The minimum atomic E-state index is -0.750. The number of benzene rings is 1. The molecule has 0 aromatic heterocycles. The number of oxime groups is 1. The maximum Gasteiger partial charge on any atom is 0.434 e. The zero-order valence-corrected chi connectivity index (χ0v) is 18.1. The molecular weight excluding hydrogens is 410 g/mol. The Labute approximate surface area is 172 Å². The number of aryl methyl sites for hydroxylation is 1.